The van der Waals surface area contributed by atoms with E-state index in [0.29, 0.717) is 0 Å². The van der Waals surface area contributed by atoms with Crippen LogP contribution in [0.5, 0.6) is 0 Å². The molecule has 1 heterocycles. The van der Waals surface area contributed by atoms with E-state index < -0.39 is 8.32 Å². The molecule has 1 aliphatic rings. The highest BCUT2D eigenvalue weighted by atomic mass is 28.4. The van der Waals surface area contributed by atoms with Gasteiger partial charge in [-0.05, 0) is 28.8 Å². The molecule has 2 aromatic carbocycles. The van der Waals surface area contributed by atoms with Gasteiger partial charge in [-0.25, -0.2) is 0 Å². The van der Waals surface area contributed by atoms with Crippen LogP contribution in [0.4, 0.5) is 0 Å². The fraction of sp³-hybridized carbons (Fsp3) is 0.478. The third kappa shape index (κ3) is 4.19. The van der Waals surface area contributed by atoms with Crippen LogP contribution >= 0.6 is 0 Å². The zero-order chi connectivity index (χ0) is 19.5. The van der Waals surface area contributed by atoms with Crippen LogP contribution in [0.25, 0.3) is 0 Å². The van der Waals surface area contributed by atoms with Crippen molar-refractivity contribution in [2.75, 3.05) is 7.11 Å². The first-order chi connectivity index (χ1) is 12.9. The summed E-state index contributed by atoms with van der Waals surface area (Å²) in [6, 6.07) is 21.4. The molecule has 4 heteroatoms. The average molecular weight is 385 g/mol. The Bertz CT molecular complexity index is 672. The summed E-state index contributed by atoms with van der Waals surface area (Å²) < 4.78 is 19.0. The van der Waals surface area contributed by atoms with Gasteiger partial charge in [0.25, 0.3) is 8.32 Å². The van der Waals surface area contributed by atoms with Crippen molar-refractivity contribution in [3.63, 3.8) is 0 Å². The van der Waals surface area contributed by atoms with Crippen molar-refractivity contribution in [1.82, 2.24) is 0 Å². The molecule has 3 nitrogen and oxygen atoms in total. The minimum Gasteiger partial charge on any atom is -0.382 e. The fourth-order valence-electron chi connectivity index (χ4n) is 4.21. The van der Waals surface area contributed by atoms with Crippen molar-refractivity contribution in [2.45, 2.75) is 64.1 Å². The molecule has 1 aliphatic heterocycles. The third-order valence-corrected chi connectivity index (χ3v) is 10.5. The molecule has 0 N–H and O–H groups in total. The van der Waals surface area contributed by atoms with Gasteiger partial charge in [-0.1, -0.05) is 81.4 Å². The van der Waals surface area contributed by atoms with Gasteiger partial charge < -0.3 is 13.9 Å². The molecule has 2 aromatic rings. The molecule has 0 saturated carbocycles. The predicted octanol–water partition coefficient (Wildman–Crippen LogP) is 4.10. The zero-order valence-corrected chi connectivity index (χ0v) is 18.1. The molecule has 3 atom stereocenters. The van der Waals surface area contributed by atoms with Crippen molar-refractivity contribution >= 4 is 18.7 Å². The molecule has 1 saturated heterocycles. The Hall–Kier alpha value is -1.46. The van der Waals surface area contributed by atoms with Crippen LogP contribution in [0.1, 0.15) is 40.5 Å². The lowest BCUT2D eigenvalue weighted by Gasteiger charge is -2.46. The lowest BCUT2D eigenvalue weighted by molar-refractivity contribution is -0.179. The van der Waals surface area contributed by atoms with Gasteiger partial charge in [-0.2, -0.15) is 0 Å². The van der Waals surface area contributed by atoms with Crippen molar-refractivity contribution < 1.29 is 13.9 Å². The average Bonchev–Trinajstić information content (AvgIpc) is 2.66. The molecule has 1 fully saturated rings. The molecule has 0 radical (unpaired) electrons. The maximum absolute atomic E-state index is 7.05. The second-order valence-electron chi connectivity index (χ2n) is 8.49. The minimum atomic E-state index is -2.59. The zero-order valence-electron chi connectivity index (χ0n) is 17.1. The van der Waals surface area contributed by atoms with E-state index in [0.717, 1.165) is 12.8 Å². The number of rotatable bonds is 5. The van der Waals surface area contributed by atoms with Gasteiger partial charge in [0.15, 0.2) is 6.29 Å². The normalized spacial score (nSPS) is 24.0. The molecule has 0 aliphatic carbocycles. The van der Waals surface area contributed by atoms with Crippen LogP contribution in [0.3, 0.4) is 0 Å². The van der Waals surface area contributed by atoms with Crippen molar-refractivity contribution in [3.05, 3.63) is 60.7 Å². The SMILES string of the molecule is CO[C@H]1C[C@@H](O[Si](c2ccccc2)(c2ccccc2)C(C)(C)C)O[C@@H](C)C1. The van der Waals surface area contributed by atoms with E-state index in [4.69, 9.17) is 13.9 Å². The number of methoxy groups -OCH3 is 1. The highest BCUT2D eigenvalue weighted by molar-refractivity contribution is 6.99. The van der Waals surface area contributed by atoms with Crippen LogP contribution in [0.2, 0.25) is 5.04 Å². The number of benzene rings is 2. The molecule has 27 heavy (non-hydrogen) atoms. The van der Waals surface area contributed by atoms with E-state index in [9.17, 15) is 0 Å². The maximum Gasteiger partial charge on any atom is 0.264 e. The van der Waals surface area contributed by atoms with E-state index in [2.05, 4.69) is 88.4 Å². The van der Waals surface area contributed by atoms with Crippen LogP contribution in [0, 0.1) is 0 Å². The lowest BCUT2D eigenvalue weighted by atomic mass is 10.1. The summed E-state index contributed by atoms with van der Waals surface area (Å²) in [6.07, 6.45) is 1.73. The van der Waals surface area contributed by atoms with Crippen LogP contribution < -0.4 is 10.4 Å². The summed E-state index contributed by atoms with van der Waals surface area (Å²) in [5.74, 6) is 0. The lowest BCUT2D eigenvalue weighted by Crippen LogP contribution is -2.68. The first kappa shape index (κ1) is 20.3. The Morgan fingerprint density at radius 2 is 1.41 bits per heavy atom. The summed E-state index contributed by atoms with van der Waals surface area (Å²) >= 11 is 0. The molecule has 0 bridgehead atoms. The van der Waals surface area contributed by atoms with Crippen molar-refractivity contribution in [3.8, 4) is 0 Å². The van der Waals surface area contributed by atoms with Crippen molar-refractivity contribution in [2.24, 2.45) is 0 Å². The Morgan fingerprint density at radius 1 is 0.889 bits per heavy atom. The maximum atomic E-state index is 7.05. The second kappa shape index (κ2) is 8.27. The highest BCUT2D eigenvalue weighted by Crippen LogP contribution is 2.39. The van der Waals surface area contributed by atoms with E-state index in [-0.39, 0.29) is 23.5 Å². The number of hydrogen-bond donors (Lipinski definition) is 0. The fourth-order valence-corrected chi connectivity index (χ4v) is 8.77. The standard InChI is InChI=1S/C23H32O3Si/c1-18-16-19(24-5)17-22(25-18)26-27(23(2,3)4,20-12-8-6-9-13-20)21-14-10-7-11-15-21/h6-15,18-19,22H,16-17H2,1-5H3/t18-,19+,22+/m0/s1. The molecular formula is C23H32O3Si. The third-order valence-electron chi connectivity index (χ3n) is 5.49. The van der Waals surface area contributed by atoms with E-state index in [1.54, 1.807) is 7.11 Å². The summed E-state index contributed by atoms with van der Waals surface area (Å²) in [5, 5.41) is 2.50. The van der Waals surface area contributed by atoms with Crippen LogP contribution in [0.15, 0.2) is 60.7 Å². The van der Waals surface area contributed by atoms with E-state index in [1.165, 1.54) is 10.4 Å². The smallest absolute Gasteiger partial charge is 0.264 e. The van der Waals surface area contributed by atoms with E-state index in [1.807, 2.05) is 0 Å². The Labute approximate surface area is 164 Å². The Balaban J connectivity index is 2.09. The molecule has 0 unspecified atom stereocenters. The summed E-state index contributed by atoms with van der Waals surface area (Å²) in [5.41, 5.74) is 0. The summed E-state index contributed by atoms with van der Waals surface area (Å²) in [4.78, 5) is 0. The second-order valence-corrected chi connectivity index (χ2v) is 12.7. The first-order valence-electron chi connectivity index (χ1n) is 9.84. The van der Waals surface area contributed by atoms with Crippen LogP contribution in [-0.4, -0.2) is 33.9 Å². The van der Waals surface area contributed by atoms with Gasteiger partial charge in [-0.15, -0.1) is 0 Å². The number of ether oxygens (including phenoxy) is 2. The molecule has 0 spiro atoms. The largest absolute Gasteiger partial charge is 0.382 e. The number of hydrogen-bond acceptors (Lipinski definition) is 3. The summed E-state index contributed by atoms with van der Waals surface area (Å²) in [7, 11) is -0.809. The monoisotopic (exact) mass is 384 g/mol. The molecular weight excluding hydrogens is 352 g/mol. The van der Waals surface area contributed by atoms with Crippen LogP contribution in [-0.2, 0) is 13.9 Å². The topological polar surface area (TPSA) is 27.7 Å². The minimum absolute atomic E-state index is 0.0533. The Kier molecular flexibility index (Phi) is 6.21. The van der Waals surface area contributed by atoms with Gasteiger partial charge in [0.1, 0.15) is 0 Å². The Morgan fingerprint density at radius 3 is 1.85 bits per heavy atom. The van der Waals surface area contributed by atoms with Gasteiger partial charge in [0, 0.05) is 13.5 Å². The van der Waals surface area contributed by atoms with Crippen molar-refractivity contribution in [1.29, 1.82) is 0 Å². The molecule has 0 amide bonds. The molecule has 146 valence electrons. The van der Waals surface area contributed by atoms with Gasteiger partial charge in [0.05, 0.1) is 12.2 Å². The van der Waals surface area contributed by atoms with E-state index >= 15 is 0 Å². The predicted molar refractivity (Wildman–Crippen MR) is 113 cm³/mol. The first-order valence-corrected chi connectivity index (χ1v) is 11.7. The molecule has 0 aromatic heterocycles. The van der Waals surface area contributed by atoms with Gasteiger partial charge in [0.2, 0.25) is 0 Å². The highest BCUT2D eigenvalue weighted by Gasteiger charge is 2.52. The quantitative estimate of drug-likeness (QED) is 0.726. The molecule has 3 rings (SSSR count). The van der Waals surface area contributed by atoms with Gasteiger partial charge >= 0.3 is 0 Å². The summed E-state index contributed by atoms with van der Waals surface area (Å²) in [6.45, 7) is 8.98. The van der Waals surface area contributed by atoms with Gasteiger partial charge in [-0.3, -0.25) is 0 Å².